The van der Waals surface area contributed by atoms with Gasteiger partial charge < -0.3 is 13.6 Å². The van der Waals surface area contributed by atoms with Gasteiger partial charge in [0.1, 0.15) is 0 Å². The van der Waals surface area contributed by atoms with Crippen LogP contribution in [0, 0.1) is 0 Å². The number of para-hydroxylation sites is 3. The molecule has 0 unspecified atom stereocenters. The van der Waals surface area contributed by atoms with Crippen molar-refractivity contribution in [1.82, 2.24) is 24.1 Å². The maximum absolute atomic E-state index is 7.49. The molecule has 15 rings (SSSR count). The standard InChI is InChI=1S/C69H43N5O/c1-4-19-44(20-5-1)47-25-16-28-50(41-47)67-70-68(51-29-17-26-48(42-51)45-21-6-2-7-22-45)72-69(71-67)59-33-12-15-36-62(59)74-61-35-14-11-32-54(61)56-38-40-58-57-39-37-55-53-31-10-13-34-60(53)73(63(55)65(57)75-66(58)64(56)74)52-30-18-27-49(43-52)46-23-8-3-9-24-46/h1-43H. The first-order valence-electron chi connectivity index (χ1n) is 25.3. The van der Waals surface area contributed by atoms with E-state index in [-0.39, 0.29) is 0 Å². The Bertz CT molecular complexity index is 4600. The Labute approximate surface area is 431 Å². The topological polar surface area (TPSA) is 61.7 Å². The minimum Gasteiger partial charge on any atom is -0.452 e. The van der Waals surface area contributed by atoms with E-state index in [9.17, 15) is 0 Å². The highest BCUT2D eigenvalue weighted by molar-refractivity contribution is 6.26. The number of hydrogen-bond acceptors (Lipinski definition) is 4. The van der Waals surface area contributed by atoms with Crippen LogP contribution in [0.2, 0.25) is 0 Å². The minimum absolute atomic E-state index is 0.562. The summed E-state index contributed by atoms with van der Waals surface area (Å²) in [6.07, 6.45) is 0. The van der Waals surface area contributed by atoms with Gasteiger partial charge in [-0.25, -0.2) is 15.0 Å². The van der Waals surface area contributed by atoms with Crippen molar-refractivity contribution in [2.75, 3.05) is 0 Å². The van der Waals surface area contributed by atoms with E-state index in [0.29, 0.717) is 17.5 Å². The largest absolute Gasteiger partial charge is 0.452 e. The van der Waals surface area contributed by atoms with Crippen LogP contribution in [-0.2, 0) is 0 Å². The Morgan fingerprint density at radius 2 is 0.667 bits per heavy atom. The number of aromatic nitrogens is 5. The van der Waals surface area contributed by atoms with Gasteiger partial charge in [0.25, 0.3) is 0 Å². The van der Waals surface area contributed by atoms with Crippen LogP contribution in [-0.4, -0.2) is 24.1 Å². The third kappa shape index (κ3) is 6.99. The lowest BCUT2D eigenvalue weighted by atomic mass is 10.0. The molecule has 0 radical (unpaired) electrons. The van der Waals surface area contributed by atoms with Crippen LogP contribution < -0.4 is 0 Å². The maximum Gasteiger partial charge on any atom is 0.166 e. The van der Waals surface area contributed by atoms with Gasteiger partial charge >= 0.3 is 0 Å². The molecule has 11 aromatic carbocycles. The number of hydrogen-bond donors (Lipinski definition) is 0. The smallest absolute Gasteiger partial charge is 0.166 e. The Morgan fingerprint density at radius 3 is 1.23 bits per heavy atom. The molecule has 350 valence electrons. The Hall–Kier alpha value is -10.2. The van der Waals surface area contributed by atoms with Gasteiger partial charge in [-0.1, -0.05) is 200 Å². The molecule has 0 saturated carbocycles. The molecule has 6 heteroatoms. The van der Waals surface area contributed by atoms with Gasteiger partial charge in [0.05, 0.1) is 27.8 Å². The van der Waals surface area contributed by atoms with Crippen molar-refractivity contribution in [3.63, 3.8) is 0 Å². The van der Waals surface area contributed by atoms with Gasteiger partial charge in [-0.3, -0.25) is 0 Å². The van der Waals surface area contributed by atoms with Crippen LogP contribution in [0.5, 0.6) is 0 Å². The first-order valence-corrected chi connectivity index (χ1v) is 25.3. The molecule has 0 bridgehead atoms. The molecule has 0 saturated heterocycles. The lowest BCUT2D eigenvalue weighted by Gasteiger charge is -2.15. The fourth-order valence-electron chi connectivity index (χ4n) is 11.3. The van der Waals surface area contributed by atoms with Crippen LogP contribution in [0.25, 0.3) is 144 Å². The van der Waals surface area contributed by atoms with Crippen molar-refractivity contribution in [2.45, 2.75) is 0 Å². The molecular formula is C69H43N5O. The number of nitrogens with zero attached hydrogens (tertiary/aromatic N) is 5. The molecule has 0 fully saturated rings. The maximum atomic E-state index is 7.49. The normalized spacial score (nSPS) is 11.7. The van der Waals surface area contributed by atoms with Gasteiger partial charge in [0.2, 0.25) is 0 Å². The molecule has 0 aliphatic rings. The van der Waals surface area contributed by atoms with E-state index in [1.165, 1.54) is 10.9 Å². The zero-order valence-corrected chi connectivity index (χ0v) is 40.5. The highest BCUT2D eigenvalue weighted by Gasteiger charge is 2.25. The van der Waals surface area contributed by atoms with E-state index in [1.807, 2.05) is 12.1 Å². The Balaban J connectivity index is 0.976. The molecule has 0 N–H and O–H groups in total. The second-order valence-electron chi connectivity index (χ2n) is 19.1. The highest BCUT2D eigenvalue weighted by Crippen LogP contribution is 2.46. The predicted octanol–water partition coefficient (Wildman–Crippen LogP) is 18.0. The molecule has 6 nitrogen and oxygen atoms in total. The van der Waals surface area contributed by atoms with Crippen LogP contribution in [0.4, 0.5) is 0 Å². The molecule has 4 aromatic heterocycles. The molecule has 0 aliphatic carbocycles. The molecular weight excluding hydrogens is 915 g/mol. The zero-order valence-electron chi connectivity index (χ0n) is 40.5. The average molecular weight is 958 g/mol. The van der Waals surface area contributed by atoms with Gasteiger partial charge in [-0.05, 0) is 94.0 Å². The van der Waals surface area contributed by atoms with Crippen molar-refractivity contribution in [1.29, 1.82) is 0 Å². The third-order valence-electron chi connectivity index (χ3n) is 14.8. The van der Waals surface area contributed by atoms with Crippen molar-refractivity contribution >= 4 is 65.6 Å². The van der Waals surface area contributed by atoms with E-state index >= 15 is 0 Å². The van der Waals surface area contributed by atoms with Crippen LogP contribution in [0.1, 0.15) is 0 Å². The summed E-state index contributed by atoms with van der Waals surface area (Å²) in [4.78, 5) is 16.1. The zero-order chi connectivity index (χ0) is 49.4. The second kappa shape index (κ2) is 17.3. The van der Waals surface area contributed by atoms with Crippen LogP contribution in [0.15, 0.2) is 265 Å². The molecule has 0 amide bonds. The number of benzene rings is 11. The summed E-state index contributed by atoms with van der Waals surface area (Å²) >= 11 is 0. The summed E-state index contributed by atoms with van der Waals surface area (Å²) < 4.78 is 12.2. The number of furan rings is 1. The summed E-state index contributed by atoms with van der Waals surface area (Å²) in [6.45, 7) is 0. The highest BCUT2D eigenvalue weighted by atomic mass is 16.3. The lowest BCUT2D eigenvalue weighted by Crippen LogP contribution is -2.03. The quantitative estimate of drug-likeness (QED) is 0.152. The van der Waals surface area contributed by atoms with Gasteiger partial charge in [0.15, 0.2) is 28.6 Å². The van der Waals surface area contributed by atoms with E-state index in [2.05, 4.69) is 258 Å². The van der Waals surface area contributed by atoms with E-state index < -0.39 is 0 Å². The average Bonchev–Trinajstić information content (AvgIpc) is 4.26. The second-order valence-corrected chi connectivity index (χ2v) is 19.1. The Morgan fingerprint density at radius 1 is 0.267 bits per heavy atom. The number of fused-ring (bicyclic) bond motifs is 11. The van der Waals surface area contributed by atoms with Crippen molar-refractivity contribution < 1.29 is 4.42 Å². The molecule has 0 spiro atoms. The first-order chi connectivity index (χ1) is 37.2. The summed E-state index contributed by atoms with van der Waals surface area (Å²) in [7, 11) is 0. The van der Waals surface area contributed by atoms with Gasteiger partial charge in [-0.2, -0.15) is 0 Å². The van der Waals surface area contributed by atoms with Crippen LogP contribution >= 0.6 is 0 Å². The molecule has 15 aromatic rings. The van der Waals surface area contributed by atoms with Crippen molar-refractivity contribution in [3.05, 3.63) is 261 Å². The van der Waals surface area contributed by atoms with E-state index in [0.717, 1.165) is 116 Å². The fourth-order valence-corrected chi connectivity index (χ4v) is 11.3. The monoisotopic (exact) mass is 957 g/mol. The lowest BCUT2D eigenvalue weighted by molar-refractivity contribution is 0.673. The number of rotatable bonds is 8. The minimum atomic E-state index is 0.562. The van der Waals surface area contributed by atoms with Crippen molar-refractivity contribution in [2.24, 2.45) is 0 Å². The summed E-state index contributed by atoms with van der Waals surface area (Å²) in [6, 6.07) is 92.0. The third-order valence-corrected chi connectivity index (χ3v) is 14.8. The fraction of sp³-hybridized carbons (Fsp3) is 0. The van der Waals surface area contributed by atoms with Gasteiger partial charge in [0, 0.05) is 54.7 Å². The van der Waals surface area contributed by atoms with E-state index in [1.54, 1.807) is 0 Å². The summed E-state index contributed by atoms with van der Waals surface area (Å²) in [5.41, 5.74) is 17.2. The summed E-state index contributed by atoms with van der Waals surface area (Å²) in [5, 5.41) is 6.60. The van der Waals surface area contributed by atoms with E-state index in [4.69, 9.17) is 19.4 Å². The first kappa shape index (κ1) is 42.5. The molecule has 0 atom stereocenters. The molecule has 0 aliphatic heterocycles. The predicted molar refractivity (Wildman–Crippen MR) is 308 cm³/mol. The summed E-state index contributed by atoms with van der Waals surface area (Å²) in [5.74, 6) is 1.74. The SMILES string of the molecule is c1ccc(-c2cccc(-c3nc(-c4cccc(-c5ccccc5)c4)nc(-c4ccccc4-n4c5ccccc5c5ccc6c7ccc8c9ccccc9n(-c9cccc(-c%10ccccc%10)c9)c8c7oc6c54)n3)c2)cc1. The van der Waals surface area contributed by atoms with Gasteiger partial charge in [-0.15, -0.1) is 0 Å². The molecule has 4 heterocycles. The molecule has 75 heavy (non-hydrogen) atoms. The van der Waals surface area contributed by atoms with Crippen molar-refractivity contribution in [3.8, 4) is 78.9 Å². The Kier molecular flexibility index (Phi) is 9.78. The van der Waals surface area contributed by atoms with Crippen LogP contribution in [0.3, 0.4) is 0 Å².